The molecule has 4 heteroatoms. The van der Waals surface area contributed by atoms with Crippen molar-refractivity contribution in [2.75, 3.05) is 5.75 Å². The minimum atomic E-state index is 1.02. The van der Waals surface area contributed by atoms with Crippen molar-refractivity contribution in [1.29, 1.82) is 0 Å². The van der Waals surface area contributed by atoms with Crippen molar-refractivity contribution in [3.05, 3.63) is 58.4 Å². The standard InChI is InChI=1S/C17H14BrNS2/c1-2-20-13-9-7-12(8-10-13)17-19-16(11-21-17)14-5-3-4-6-15(14)18/h3-11H,2H2,1H3. The number of benzene rings is 2. The zero-order valence-electron chi connectivity index (χ0n) is 11.5. The molecule has 106 valence electrons. The molecule has 0 unspecified atom stereocenters. The lowest BCUT2D eigenvalue weighted by Gasteiger charge is -2.01. The summed E-state index contributed by atoms with van der Waals surface area (Å²) in [6.07, 6.45) is 0. The van der Waals surface area contributed by atoms with Gasteiger partial charge in [-0.3, -0.25) is 0 Å². The van der Waals surface area contributed by atoms with Gasteiger partial charge in [0.15, 0.2) is 0 Å². The number of aromatic nitrogens is 1. The van der Waals surface area contributed by atoms with Crippen LogP contribution in [0.2, 0.25) is 0 Å². The van der Waals surface area contributed by atoms with Gasteiger partial charge in [-0.15, -0.1) is 23.1 Å². The third-order valence-electron chi connectivity index (χ3n) is 3.07. The Balaban J connectivity index is 1.89. The summed E-state index contributed by atoms with van der Waals surface area (Å²) in [5.41, 5.74) is 3.34. The van der Waals surface area contributed by atoms with Gasteiger partial charge in [-0.05, 0) is 24.0 Å². The van der Waals surface area contributed by atoms with Gasteiger partial charge in [0.05, 0.1) is 5.69 Å². The number of nitrogens with zero attached hydrogens (tertiary/aromatic N) is 1. The predicted molar refractivity (Wildman–Crippen MR) is 97.1 cm³/mol. The Kier molecular flexibility index (Phi) is 4.78. The monoisotopic (exact) mass is 375 g/mol. The zero-order valence-corrected chi connectivity index (χ0v) is 14.8. The van der Waals surface area contributed by atoms with Gasteiger partial charge in [-0.2, -0.15) is 0 Å². The van der Waals surface area contributed by atoms with Crippen LogP contribution in [0, 0.1) is 0 Å². The van der Waals surface area contributed by atoms with Gasteiger partial charge in [0.25, 0.3) is 0 Å². The fourth-order valence-corrected chi connectivity index (χ4v) is 4.04. The van der Waals surface area contributed by atoms with Gasteiger partial charge in [-0.25, -0.2) is 4.98 Å². The fraction of sp³-hybridized carbons (Fsp3) is 0.118. The van der Waals surface area contributed by atoms with E-state index in [1.807, 2.05) is 30.0 Å². The number of hydrogen-bond acceptors (Lipinski definition) is 3. The number of rotatable bonds is 4. The first-order valence-corrected chi connectivity index (χ1v) is 9.37. The second-order valence-corrected chi connectivity index (χ2v) is 7.53. The smallest absolute Gasteiger partial charge is 0.124 e. The Morgan fingerprint density at radius 2 is 1.86 bits per heavy atom. The number of thioether (sulfide) groups is 1. The van der Waals surface area contributed by atoms with Crippen LogP contribution in [0.25, 0.3) is 21.8 Å². The fourth-order valence-electron chi connectivity index (χ4n) is 2.06. The first kappa shape index (κ1) is 14.8. The molecule has 3 rings (SSSR count). The van der Waals surface area contributed by atoms with Crippen LogP contribution in [0.5, 0.6) is 0 Å². The maximum absolute atomic E-state index is 4.77. The lowest BCUT2D eigenvalue weighted by atomic mass is 10.2. The Morgan fingerprint density at radius 3 is 2.57 bits per heavy atom. The normalized spacial score (nSPS) is 10.8. The molecule has 0 fully saturated rings. The van der Waals surface area contributed by atoms with E-state index in [2.05, 4.69) is 58.6 Å². The topological polar surface area (TPSA) is 12.9 Å². The first-order chi connectivity index (χ1) is 10.3. The van der Waals surface area contributed by atoms with Gasteiger partial charge in [-0.1, -0.05) is 53.2 Å². The van der Waals surface area contributed by atoms with Crippen LogP contribution in [-0.4, -0.2) is 10.7 Å². The van der Waals surface area contributed by atoms with Gasteiger partial charge in [0, 0.05) is 25.9 Å². The Hall–Kier alpha value is -1.10. The van der Waals surface area contributed by atoms with Crippen molar-refractivity contribution < 1.29 is 0 Å². The molecule has 0 amide bonds. The lowest BCUT2D eigenvalue weighted by Crippen LogP contribution is -1.81. The summed E-state index contributed by atoms with van der Waals surface area (Å²) in [6.45, 7) is 2.17. The van der Waals surface area contributed by atoms with E-state index in [1.54, 1.807) is 11.3 Å². The van der Waals surface area contributed by atoms with E-state index in [0.29, 0.717) is 0 Å². The van der Waals surface area contributed by atoms with E-state index in [0.717, 1.165) is 26.5 Å². The molecule has 1 heterocycles. The van der Waals surface area contributed by atoms with Crippen molar-refractivity contribution in [3.63, 3.8) is 0 Å². The zero-order chi connectivity index (χ0) is 14.7. The number of halogens is 1. The molecule has 0 saturated carbocycles. The van der Waals surface area contributed by atoms with E-state index in [-0.39, 0.29) is 0 Å². The Labute approximate surface area is 141 Å². The summed E-state index contributed by atoms with van der Waals surface area (Å²) in [5.74, 6) is 1.10. The Bertz CT molecular complexity index is 735. The molecule has 0 radical (unpaired) electrons. The van der Waals surface area contributed by atoms with Crippen molar-refractivity contribution in [2.45, 2.75) is 11.8 Å². The highest BCUT2D eigenvalue weighted by Crippen LogP contribution is 2.33. The minimum Gasteiger partial charge on any atom is -0.236 e. The quantitative estimate of drug-likeness (QED) is 0.492. The average Bonchev–Trinajstić information content (AvgIpc) is 2.98. The molecule has 0 spiro atoms. The van der Waals surface area contributed by atoms with Crippen molar-refractivity contribution >= 4 is 39.0 Å². The highest BCUT2D eigenvalue weighted by molar-refractivity contribution is 9.10. The molecular formula is C17H14BrNS2. The maximum atomic E-state index is 4.77. The van der Waals surface area contributed by atoms with E-state index in [4.69, 9.17) is 4.98 Å². The molecule has 0 aliphatic rings. The molecule has 1 aromatic heterocycles. The SMILES string of the molecule is CCSc1ccc(-c2nc(-c3ccccc3Br)cs2)cc1. The van der Waals surface area contributed by atoms with E-state index >= 15 is 0 Å². The van der Waals surface area contributed by atoms with Gasteiger partial charge in [0.1, 0.15) is 5.01 Å². The van der Waals surface area contributed by atoms with Crippen molar-refractivity contribution in [1.82, 2.24) is 4.98 Å². The van der Waals surface area contributed by atoms with Gasteiger partial charge < -0.3 is 0 Å². The highest BCUT2D eigenvalue weighted by atomic mass is 79.9. The lowest BCUT2D eigenvalue weighted by molar-refractivity contribution is 1.37. The molecule has 0 aliphatic heterocycles. The molecule has 0 N–H and O–H groups in total. The largest absolute Gasteiger partial charge is 0.236 e. The van der Waals surface area contributed by atoms with Crippen LogP contribution < -0.4 is 0 Å². The molecule has 0 atom stereocenters. The summed E-state index contributed by atoms with van der Waals surface area (Å²) in [5, 5.41) is 3.18. The summed E-state index contributed by atoms with van der Waals surface area (Å²) >= 11 is 7.13. The van der Waals surface area contributed by atoms with Crippen LogP contribution in [0.15, 0.2) is 63.3 Å². The van der Waals surface area contributed by atoms with Crippen molar-refractivity contribution in [2.24, 2.45) is 0 Å². The molecule has 0 saturated heterocycles. The molecule has 2 aromatic carbocycles. The third-order valence-corrected chi connectivity index (χ3v) is 5.54. The van der Waals surface area contributed by atoms with E-state index < -0.39 is 0 Å². The summed E-state index contributed by atoms with van der Waals surface area (Å²) in [4.78, 5) is 6.08. The second-order valence-electron chi connectivity index (χ2n) is 4.48. The van der Waals surface area contributed by atoms with E-state index in [9.17, 15) is 0 Å². The first-order valence-electron chi connectivity index (χ1n) is 6.71. The average molecular weight is 376 g/mol. The molecular weight excluding hydrogens is 362 g/mol. The Morgan fingerprint density at radius 1 is 1.10 bits per heavy atom. The van der Waals surface area contributed by atoms with Crippen molar-refractivity contribution in [3.8, 4) is 21.8 Å². The summed E-state index contributed by atoms with van der Waals surface area (Å²) in [6, 6.07) is 16.8. The van der Waals surface area contributed by atoms with E-state index in [1.165, 1.54) is 10.5 Å². The van der Waals surface area contributed by atoms with Crippen LogP contribution in [0.1, 0.15) is 6.92 Å². The molecule has 1 nitrogen and oxygen atoms in total. The molecule has 0 bridgehead atoms. The molecule has 21 heavy (non-hydrogen) atoms. The van der Waals surface area contributed by atoms with Crippen LogP contribution in [0.4, 0.5) is 0 Å². The summed E-state index contributed by atoms with van der Waals surface area (Å²) in [7, 11) is 0. The summed E-state index contributed by atoms with van der Waals surface area (Å²) < 4.78 is 1.08. The maximum Gasteiger partial charge on any atom is 0.124 e. The highest BCUT2D eigenvalue weighted by Gasteiger charge is 2.09. The molecule has 3 aromatic rings. The minimum absolute atomic E-state index is 1.02. The number of hydrogen-bond donors (Lipinski definition) is 0. The molecule has 0 aliphatic carbocycles. The third kappa shape index (κ3) is 3.39. The van der Waals surface area contributed by atoms with Gasteiger partial charge >= 0.3 is 0 Å². The van der Waals surface area contributed by atoms with Crippen LogP contribution >= 0.6 is 39.0 Å². The number of thiazole rings is 1. The second kappa shape index (κ2) is 6.77. The van der Waals surface area contributed by atoms with Crippen LogP contribution in [0.3, 0.4) is 0 Å². The predicted octanol–water partition coefficient (Wildman–Crippen LogP) is 6.35. The van der Waals surface area contributed by atoms with Crippen LogP contribution in [-0.2, 0) is 0 Å². The van der Waals surface area contributed by atoms with Gasteiger partial charge in [0.2, 0.25) is 0 Å².